The Labute approximate surface area is 89.8 Å². The standard InChI is InChI=1S/C11H15N3O/c1-13-6-4-11(12-13)3-2-5-14-7-9-15-10-8-14/h4,6H,5,7-10H2,1H3. The van der Waals surface area contributed by atoms with E-state index in [2.05, 4.69) is 21.8 Å². The molecule has 1 aliphatic heterocycles. The van der Waals surface area contributed by atoms with E-state index in [1.165, 1.54) is 0 Å². The van der Waals surface area contributed by atoms with Crippen molar-refractivity contribution in [3.63, 3.8) is 0 Å². The molecular formula is C11H15N3O. The third-order valence-corrected chi connectivity index (χ3v) is 2.34. The lowest BCUT2D eigenvalue weighted by Crippen LogP contribution is -2.36. The summed E-state index contributed by atoms with van der Waals surface area (Å²) in [5, 5.41) is 4.19. The summed E-state index contributed by atoms with van der Waals surface area (Å²) < 4.78 is 7.02. The number of aromatic nitrogens is 2. The molecule has 0 aromatic carbocycles. The lowest BCUT2D eigenvalue weighted by Gasteiger charge is -2.24. The first-order valence-corrected chi connectivity index (χ1v) is 5.13. The van der Waals surface area contributed by atoms with Gasteiger partial charge in [-0.25, -0.2) is 0 Å². The third-order valence-electron chi connectivity index (χ3n) is 2.34. The topological polar surface area (TPSA) is 30.3 Å². The van der Waals surface area contributed by atoms with Crippen LogP contribution in [0.5, 0.6) is 0 Å². The van der Waals surface area contributed by atoms with Gasteiger partial charge in [-0.3, -0.25) is 9.58 Å². The highest BCUT2D eigenvalue weighted by Crippen LogP contribution is 1.95. The molecule has 0 radical (unpaired) electrons. The monoisotopic (exact) mass is 205 g/mol. The Balaban J connectivity index is 1.84. The molecule has 1 aromatic heterocycles. The smallest absolute Gasteiger partial charge is 0.135 e. The lowest BCUT2D eigenvalue weighted by molar-refractivity contribution is 0.0443. The van der Waals surface area contributed by atoms with Crippen molar-refractivity contribution in [3.05, 3.63) is 18.0 Å². The highest BCUT2D eigenvalue weighted by Gasteiger charge is 2.07. The van der Waals surface area contributed by atoms with Crippen LogP contribution in [0, 0.1) is 11.8 Å². The van der Waals surface area contributed by atoms with Gasteiger partial charge in [0, 0.05) is 26.3 Å². The second kappa shape index (κ2) is 4.96. The summed E-state index contributed by atoms with van der Waals surface area (Å²) in [7, 11) is 1.90. The summed E-state index contributed by atoms with van der Waals surface area (Å²) in [5.41, 5.74) is 0.839. The Hall–Kier alpha value is -1.31. The molecule has 1 aromatic rings. The zero-order valence-corrected chi connectivity index (χ0v) is 8.94. The Morgan fingerprint density at radius 3 is 2.93 bits per heavy atom. The van der Waals surface area contributed by atoms with Crippen molar-refractivity contribution in [1.82, 2.24) is 14.7 Å². The van der Waals surface area contributed by atoms with Crippen LogP contribution in [0.2, 0.25) is 0 Å². The van der Waals surface area contributed by atoms with Gasteiger partial charge in [-0.15, -0.1) is 0 Å². The number of hydrogen-bond acceptors (Lipinski definition) is 3. The van der Waals surface area contributed by atoms with Gasteiger partial charge in [-0.2, -0.15) is 5.10 Å². The minimum Gasteiger partial charge on any atom is -0.379 e. The van der Waals surface area contributed by atoms with E-state index < -0.39 is 0 Å². The Morgan fingerprint density at radius 1 is 1.47 bits per heavy atom. The van der Waals surface area contributed by atoms with Crippen LogP contribution in [0.25, 0.3) is 0 Å². The molecule has 15 heavy (non-hydrogen) atoms. The second-order valence-electron chi connectivity index (χ2n) is 3.56. The largest absolute Gasteiger partial charge is 0.379 e. The zero-order chi connectivity index (χ0) is 10.5. The third kappa shape index (κ3) is 3.08. The molecule has 1 saturated heterocycles. The van der Waals surface area contributed by atoms with Crippen molar-refractivity contribution in [1.29, 1.82) is 0 Å². The van der Waals surface area contributed by atoms with Gasteiger partial charge >= 0.3 is 0 Å². The van der Waals surface area contributed by atoms with E-state index in [9.17, 15) is 0 Å². The summed E-state index contributed by atoms with van der Waals surface area (Å²) in [4.78, 5) is 2.29. The lowest BCUT2D eigenvalue weighted by atomic mass is 10.4. The quantitative estimate of drug-likeness (QED) is 0.609. The first kappa shape index (κ1) is 10.2. The number of rotatable bonds is 1. The van der Waals surface area contributed by atoms with Crippen LogP contribution in [0.15, 0.2) is 12.3 Å². The van der Waals surface area contributed by atoms with E-state index in [4.69, 9.17) is 4.74 Å². The van der Waals surface area contributed by atoms with Crippen molar-refractivity contribution in [2.24, 2.45) is 7.05 Å². The van der Waals surface area contributed by atoms with Gasteiger partial charge in [0.2, 0.25) is 0 Å². The van der Waals surface area contributed by atoms with Gasteiger partial charge in [0.15, 0.2) is 0 Å². The second-order valence-corrected chi connectivity index (χ2v) is 3.56. The molecule has 4 heteroatoms. The summed E-state index contributed by atoms with van der Waals surface area (Å²) in [6.45, 7) is 4.42. The highest BCUT2D eigenvalue weighted by atomic mass is 16.5. The van der Waals surface area contributed by atoms with Crippen LogP contribution in [-0.2, 0) is 11.8 Å². The SMILES string of the molecule is Cn1ccc(C#CCN2CCOCC2)n1. The van der Waals surface area contributed by atoms with Crippen molar-refractivity contribution in [3.8, 4) is 11.8 Å². The molecule has 1 fully saturated rings. The first-order chi connectivity index (χ1) is 7.34. The van der Waals surface area contributed by atoms with Crippen molar-refractivity contribution < 1.29 is 4.74 Å². The van der Waals surface area contributed by atoms with Gasteiger partial charge in [-0.1, -0.05) is 5.92 Å². The maximum absolute atomic E-state index is 5.26. The van der Waals surface area contributed by atoms with Crippen LogP contribution >= 0.6 is 0 Å². The molecule has 0 saturated carbocycles. The van der Waals surface area contributed by atoms with Crippen LogP contribution < -0.4 is 0 Å². The van der Waals surface area contributed by atoms with Crippen molar-refractivity contribution in [2.75, 3.05) is 32.8 Å². The Bertz CT molecular complexity index is 369. The number of hydrogen-bond donors (Lipinski definition) is 0. The van der Waals surface area contributed by atoms with E-state index in [1.54, 1.807) is 4.68 Å². The zero-order valence-electron chi connectivity index (χ0n) is 8.94. The summed E-state index contributed by atoms with van der Waals surface area (Å²) in [6.07, 6.45) is 1.90. The van der Waals surface area contributed by atoms with Gasteiger partial charge in [-0.05, 0) is 12.0 Å². The average molecular weight is 205 g/mol. The number of nitrogens with zero attached hydrogens (tertiary/aromatic N) is 3. The molecule has 0 unspecified atom stereocenters. The normalized spacial score (nSPS) is 17.1. The van der Waals surface area contributed by atoms with Crippen molar-refractivity contribution in [2.45, 2.75) is 0 Å². The highest BCUT2D eigenvalue weighted by molar-refractivity contribution is 5.26. The van der Waals surface area contributed by atoms with Gasteiger partial charge in [0.25, 0.3) is 0 Å². The first-order valence-electron chi connectivity index (χ1n) is 5.13. The van der Waals surface area contributed by atoms with Gasteiger partial charge in [0.05, 0.1) is 19.8 Å². The Morgan fingerprint density at radius 2 is 2.27 bits per heavy atom. The predicted octanol–water partition coefficient (Wildman–Crippen LogP) is 0.104. The molecule has 0 spiro atoms. The van der Waals surface area contributed by atoms with Crippen molar-refractivity contribution >= 4 is 0 Å². The van der Waals surface area contributed by atoms with E-state index in [0.29, 0.717) is 0 Å². The van der Waals surface area contributed by atoms with Gasteiger partial charge < -0.3 is 4.74 Å². The minimum atomic E-state index is 0.805. The van der Waals surface area contributed by atoms with E-state index in [-0.39, 0.29) is 0 Å². The number of ether oxygens (including phenoxy) is 1. The molecule has 0 N–H and O–H groups in total. The van der Waals surface area contributed by atoms with E-state index >= 15 is 0 Å². The van der Waals surface area contributed by atoms with Crippen LogP contribution in [-0.4, -0.2) is 47.5 Å². The van der Waals surface area contributed by atoms with E-state index in [1.807, 2.05) is 19.3 Å². The Kier molecular flexibility index (Phi) is 3.38. The fourth-order valence-electron chi connectivity index (χ4n) is 1.48. The average Bonchev–Trinajstić information content (AvgIpc) is 2.66. The summed E-state index contributed by atoms with van der Waals surface area (Å²) in [6, 6.07) is 1.92. The molecule has 1 aliphatic rings. The fraction of sp³-hybridized carbons (Fsp3) is 0.545. The molecule has 2 heterocycles. The molecule has 2 rings (SSSR count). The predicted molar refractivity (Wildman–Crippen MR) is 57.3 cm³/mol. The molecule has 0 aliphatic carbocycles. The molecule has 0 amide bonds. The minimum absolute atomic E-state index is 0.805. The fourth-order valence-corrected chi connectivity index (χ4v) is 1.48. The molecule has 0 atom stereocenters. The van der Waals surface area contributed by atoms with E-state index in [0.717, 1.165) is 38.5 Å². The number of aryl methyl sites for hydroxylation is 1. The molecule has 0 bridgehead atoms. The maximum Gasteiger partial charge on any atom is 0.135 e. The molecular weight excluding hydrogens is 190 g/mol. The van der Waals surface area contributed by atoms with Crippen LogP contribution in [0.3, 0.4) is 0 Å². The summed E-state index contributed by atoms with van der Waals surface area (Å²) >= 11 is 0. The van der Waals surface area contributed by atoms with Crippen LogP contribution in [0.4, 0.5) is 0 Å². The summed E-state index contributed by atoms with van der Waals surface area (Å²) in [5.74, 6) is 6.18. The van der Waals surface area contributed by atoms with Crippen LogP contribution in [0.1, 0.15) is 5.69 Å². The number of morpholine rings is 1. The molecule has 80 valence electrons. The van der Waals surface area contributed by atoms with Gasteiger partial charge in [0.1, 0.15) is 5.69 Å². The molecule has 4 nitrogen and oxygen atoms in total. The maximum atomic E-state index is 5.26.